The summed E-state index contributed by atoms with van der Waals surface area (Å²) in [5, 5.41) is 0. The van der Waals surface area contributed by atoms with E-state index in [1.807, 2.05) is 54.0 Å². The van der Waals surface area contributed by atoms with Crippen LogP contribution in [0.1, 0.15) is 4.88 Å². The predicted molar refractivity (Wildman–Crippen MR) is 60.4 cm³/mol. The van der Waals surface area contributed by atoms with Gasteiger partial charge in [0.2, 0.25) is 0 Å². The normalized spacial score (nSPS) is 16.5. The predicted octanol–water partition coefficient (Wildman–Crippen LogP) is 4.11. The molecule has 0 bridgehead atoms. The third kappa shape index (κ3) is 1.72. The fourth-order valence-corrected chi connectivity index (χ4v) is 8.47. The summed E-state index contributed by atoms with van der Waals surface area (Å²) in [4.78, 5) is 3.17. The van der Waals surface area contributed by atoms with Crippen LogP contribution in [0, 0.1) is 0 Å². The molecule has 0 N–H and O–H groups in total. The van der Waals surface area contributed by atoms with E-state index in [4.69, 9.17) is 0 Å². The molecule has 5 heteroatoms. The number of aryl methyl sites for hydroxylation is 1. The maximum Gasteiger partial charge on any atom is 0.309 e. The zero-order valence-corrected chi connectivity index (χ0v) is 10.0. The molecular weight excluding hydrogens is 232 g/mol. The third-order valence-electron chi connectivity index (χ3n) is 1.40. The standard InChI is InChI=1S/C6H7S5/c1-7-6-5-4(9-11-6)2-3-8-10-5/h2-3H2,1H3/q+1. The summed E-state index contributed by atoms with van der Waals surface area (Å²) in [6.45, 7) is 0. The Morgan fingerprint density at radius 3 is 3.27 bits per heavy atom. The van der Waals surface area contributed by atoms with Crippen molar-refractivity contribution in [2.45, 2.75) is 15.5 Å². The van der Waals surface area contributed by atoms with E-state index < -0.39 is 0 Å². The largest absolute Gasteiger partial charge is 0.309 e. The van der Waals surface area contributed by atoms with Gasteiger partial charge in [0.1, 0.15) is 4.90 Å². The molecule has 0 fully saturated rings. The molecule has 0 aliphatic carbocycles. The second-order valence-corrected chi connectivity index (χ2v) is 7.80. The van der Waals surface area contributed by atoms with Gasteiger partial charge in [-0.1, -0.05) is 22.6 Å². The Hall–Kier alpha value is 1.10. The zero-order chi connectivity index (χ0) is 7.68. The molecule has 60 valence electrons. The minimum atomic E-state index is 1.29. The average molecular weight is 239 g/mol. The maximum absolute atomic E-state index is 2.17. The lowest BCUT2D eigenvalue weighted by molar-refractivity contribution is 1.12. The number of rotatable bonds is 1. The van der Waals surface area contributed by atoms with Crippen molar-refractivity contribution in [3.8, 4) is 0 Å². The Labute approximate surface area is 86.0 Å². The first-order chi connectivity index (χ1) is 5.42. The zero-order valence-electron chi connectivity index (χ0n) is 5.96. The van der Waals surface area contributed by atoms with Gasteiger partial charge in [0.15, 0.2) is 10.3 Å². The van der Waals surface area contributed by atoms with E-state index in [1.54, 1.807) is 9.77 Å². The lowest BCUT2D eigenvalue weighted by Crippen LogP contribution is -1.90. The highest BCUT2D eigenvalue weighted by Crippen LogP contribution is 2.49. The van der Waals surface area contributed by atoms with Gasteiger partial charge in [0.05, 0.1) is 4.88 Å². The maximum atomic E-state index is 2.17. The summed E-state index contributed by atoms with van der Waals surface area (Å²) in [5.41, 5.74) is 0. The molecule has 0 aromatic carbocycles. The topological polar surface area (TPSA) is 0 Å². The van der Waals surface area contributed by atoms with Gasteiger partial charge in [-0.15, -0.1) is 0 Å². The van der Waals surface area contributed by atoms with Crippen molar-refractivity contribution in [3.05, 3.63) is 4.88 Å². The lowest BCUT2D eigenvalue weighted by Gasteiger charge is -2.05. The molecule has 1 aliphatic heterocycles. The Balaban J connectivity index is 2.38. The van der Waals surface area contributed by atoms with E-state index in [0.29, 0.717) is 0 Å². The summed E-state index contributed by atoms with van der Waals surface area (Å²) in [6.07, 6.45) is 3.45. The van der Waals surface area contributed by atoms with Crippen molar-refractivity contribution >= 4 is 54.0 Å². The van der Waals surface area contributed by atoms with E-state index in [-0.39, 0.29) is 0 Å². The van der Waals surface area contributed by atoms with E-state index in [1.165, 1.54) is 16.4 Å². The molecule has 2 heterocycles. The number of hydrogen-bond acceptors (Lipinski definition) is 4. The molecule has 1 aromatic rings. The fraction of sp³-hybridized carbons (Fsp3) is 0.500. The molecule has 2 rings (SSSR count). The van der Waals surface area contributed by atoms with Crippen LogP contribution in [0.25, 0.3) is 0 Å². The summed E-state index contributed by atoms with van der Waals surface area (Å²) in [5.74, 6) is 1.29. The van der Waals surface area contributed by atoms with Crippen LogP contribution in [0.15, 0.2) is 9.10 Å². The smallest absolute Gasteiger partial charge is 0.0883 e. The van der Waals surface area contributed by atoms with Gasteiger partial charge in [0, 0.05) is 5.75 Å². The molecule has 0 saturated carbocycles. The number of hydrogen-bond donors (Lipinski definition) is 0. The van der Waals surface area contributed by atoms with Crippen molar-refractivity contribution < 1.29 is 0 Å². The van der Waals surface area contributed by atoms with Crippen LogP contribution in [0.4, 0.5) is 0 Å². The van der Waals surface area contributed by atoms with Gasteiger partial charge in [-0.25, -0.2) is 0 Å². The Kier molecular flexibility index (Phi) is 3.06. The number of fused-ring (bicyclic) bond motifs is 1. The SMILES string of the molecule is CSc1[s+]sc2c1SSCC2. The molecule has 0 radical (unpaired) electrons. The van der Waals surface area contributed by atoms with Crippen LogP contribution in [-0.2, 0) is 6.42 Å². The van der Waals surface area contributed by atoms with E-state index in [0.717, 1.165) is 0 Å². The molecule has 0 saturated heterocycles. The van der Waals surface area contributed by atoms with Crippen molar-refractivity contribution in [1.82, 2.24) is 0 Å². The summed E-state index contributed by atoms with van der Waals surface area (Å²) < 4.78 is 1.52. The van der Waals surface area contributed by atoms with Crippen LogP contribution in [-0.4, -0.2) is 12.0 Å². The second-order valence-electron chi connectivity index (χ2n) is 2.07. The fourth-order valence-electron chi connectivity index (χ4n) is 0.875. The van der Waals surface area contributed by atoms with Gasteiger partial charge in [-0.05, 0) is 23.5 Å². The van der Waals surface area contributed by atoms with E-state index >= 15 is 0 Å². The van der Waals surface area contributed by atoms with Crippen LogP contribution >= 0.6 is 54.0 Å². The highest BCUT2D eigenvalue weighted by molar-refractivity contribution is 8.76. The monoisotopic (exact) mass is 239 g/mol. The highest BCUT2D eigenvalue weighted by Gasteiger charge is 2.26. The Bertz CT molecular complexity index is 240. The van der Waals surface area contributed by atoms with E-state index in [9.17, 15) is 0 Å². The van der Waals surface area contributed by atoms with Crippen LogP contribution < -0.4 is 0 Å². The van der Waals surface area contributed by atoms with E-state index in [2.05, 4.69) is 6.26 Å². The molecule has 1 aliphatic rings. The number of thioether (sulfide) groups is 1. The summed E-state index contributed by atoms with van der Waals surface area (Å²) in [6, 6.07) is 0. The molecule has 0 amide bonds. The molecule has 0 unspecified atom stereocenters. The quantitative estimate of drug-likeness (QED) is 0.411. The Morgan fingerprint density at radius 2 is 2.45 bits per heavy atom. The first-order valence-electron chi connectivity index (χ1n) is 3.20. The molecule has 0 nitrogen and oxygen atoms in total. The van der Waals surface area contributed by atoms with Crippen LogP contribution in [0.2, 0.25) is 0 Å². The Morgan fingerprint density at radius 1 is 1.55 bits per heavy atom. The second kappa shape index (κ2) is 3.87. The molecule has 0 atom stereocenters. The van der Waals surface area contributed by atoms with Gasteiger partial charge in [-0.2, -0.15) is 0 Å². The van der Waals surface area contributed by atoms with Gasteiger partial charge in [0.25, 0.3) is 4.21 Å². The first kappa shape index (κ1) is 8.69. The third-order valence-corrected chi connectivity index (χ3v) is 8.29. The lowest BCUT2D eigenvalue weighted by atomic mass is 10.4. The molecule has 11 heavy (non-hydrogen) atoms. The van der Waals surface area contributed by atoms with Gasteiger partial charge in [-0.3, -0.25) is 0 Å². The van der Waals surface area contributed by atoms with Gasteiger partial charge >= 0.3 is 10.3 Å². The van der Waals surface area contributed by atoms with Gasteiger partial charge < -0.3 is 0 Å². The van der Waals surface area contributed by atoms with Crippen molar-refractivity contribution in [2.75, 3.05) is 12.0 Å². The van der Waals surface area contributed by atoms with Crippen molar-refractivity contribution in [3.63, 3.8) is 0 Å². The highest BCUT2D eigenvalue weighted by atomic mass is 33.1. The minimum Gasteiger partial charge on any atom is -0.0883 e. The first-order valence-corrected chi connectivity index (χ1v) is 8.89. The van der Waals surface area contributed by atoms with Crippen molar-refractivity contribution in [2.24, 2.45) is 0 Å². The molecule has 1 aromatic heterocycles. The summed E-state index contributed by atoms with van der Waals surface area (Å²) >= 11 is 1.88. The molecular formula is C6H7S5+. The molecule has 0 spiro atoms. The van der Waals surface area contributed by atoms with Crippen LogP contribution in [0.5, 0.6) is 0 Å². The minimum absolute atomic E-state index is 1.29. The van der Waals surface area contributed by atoms with Crippen LogP contribution in [0.3, 0.4) is 0 Å². The van der Waals surface area contributed by atoms with Crippen molar-refractivity contribution in [1.29, 1.82) is 0 Å². The average Bonchev–Trinajstić information content (AvgIpc) is 2.47. The summed E-state index contributed by atoms with van der Waals surface area (Å²) in [7, 11) is 7.85.